The van der Waals surface area contributed by atoms with E-state index in [1.165, 1.54) is 11.8 Å². The maximum Gasteiger partial charge on any atom is 0.266 e. The van der Waals surface area contributed by atoms with Gasteiger partial charge in [-0.1, -0.05) is 54.2 Å². The highest BCUT2D eigenvalue weighted by Gasteiger charge is 2.21. The molecule has 0 saturated heterocycles. The van der Waals surface area contributed by atoms with Crippen molar-refractivity contribution in [2.75, 3.05) is 11.9 Å². The first-order valence-electron chi connectivity index (χ1n) is 10.3. The Balaban J connectivity index is 1.68. The number of nitrogens with one attached hydrogen (secondary N) is 1. The molecule has 1 amide bonds. The standard InChI is InChI=1S/C25H23N3O3S/c1-3-31-22-16-10-9-15-21(22)26-23(29)17(2)32-25-27-20-14-8-7-13-19(20)24(30)28(25)18-11-5-4-6-12-18/h4-17H,3H2,1-2H3,(H,26,29). The van der Waals surface area contributed by atoms with Crippen LogP contribution in [0.25, 0.3) is 16.6 Å². The van der Waals surface area contributed by atoms with E-state index in [1.54, 1.807) is 29.7 Å². The quantitative estimate of drug-likeness (QED) is 0.323. The van der Waals surface area contributed by atoms with Crippen molar-refractivity contribution >= 4 is 34.3 Å². The summed E-state index contributed by atoms with van der Waals surface area (Å²) < 4.78 is 7.16. The Labute approximate surface area is 190 Å². The fraction of sp³-hybridized carbons (Fsp3) is 0.160. The molecule has 4 aromatic rings. The molecule has 0 fully saturated rings. The molecule has 7 heteroatoms. The minimum atomic E-state index is -0.507. The number of anilines is 1. The fourth-order valence-electron chi connectivity index (χ4n) is 3.29. The lowest BCUT2D eigenvalue weighted by Gasteiger charge is -2.17. The van der Waals surface area contributed by atoms with Crippen LogP contribution in [0.3, 0.4) is 0 Å². The number of hydrogen-bond acceptors (Lipinski definition) is 5. The van der Waals surface area contributed by atoms with Gasteiger partial charge in [0.1, 0.15) is 5.75 Å². The van der Waals surface area contributed by atoms with E-state index in [-0.39, 0.29) is 11.5 Å². The molecule has 1 heterocycles. The lowest BCUT2D eigenvalue weighted by atomic mass is 10.2. The maximum absolute atomic E-state index is 13.3. The molecule has 1 N–H and O–H groups in total. The van der Waals surface area contributed by atoms with Crippen LogP contribution in [0.15, 0.2) is 88.8 Å². The Hall–Kier alpha value is -3.58. The SMILES string of the molecule is CCOc1ccccc1NC(=O)C(C)Sc1nc2ccccc2c(=O)n1-c1ccccc1. The molecule has 3 aromatic carbocycles. The highest BCUT2D eigenvalue weighted by Crippen LogP contribution is 2.28. The van der Waals surface area contributed by atoms with Gasteiger partial charge in [0.2, 0.25) is 5.91 Å². The first-order valence-corrected chi connectivity index (χ1v) is 11.2. The van der Waals surface area contributed by atoms with E-state index in [9.17, 15) is 9.59 Å². The average Bonchev–Trinajstić information content (AvgIpc) is 2.81. The van der Waals surface area contributed by atoms with Crippen molar-refractivity contribution in [3.8, 4) is 11.4 Å². The predicted octanol–water partition coefficient (Wildman–Crippen LogP) is 4.90. The number of nitrogens with zero attached hydrogens (tertiary/aromatic N) is 2. The molecule has 32 heavy (non-hydrogen) atoms. The van der Waals surface area contributed by atoms with Gasteiger partial charge in [-0.25, -0.2) is 4.98 Å². The Morgan fingerprint density at radius 3 is 2.50 bits per heavy atom. The highest BCUT2D eigenvalue weighted by atomic mass is 32.2. The molecule has 0 saturated carbocycles. The van der Waals surface area contributed by atoms with E-state index in [0.717, 1.165) is 0 Å². The van der Waals surface area contributed by atoms with Crippen LogP contribution < -0.4 is 15.6 Å². The van der Waals surface area contributed by atoms with Gasteiger partial charge < -0.3 is 10.1 Å². The third kappa shape index (κ3) is 4.53. The second-order valence-corrected chi connectivity index (χ2v) is 8.37. The number of thioether (sulfide) groups is 1. The van der Waals surface area contributed by atoms with Crippen molar-refractivity contribution in [1.82, 2.24) is 9.55 Å². The highest BCUT2D eigenvalue weighted by molar-refractivity contribution is 8.00. The van der Waals surface area contributed by atoms with Crippen molar-refractivity contribution in [2.45, 2.75) is 24.3 Å². The normalized spacial score (nSPS) is 11.8. The topological polar surface area (TPSA) is 73.2 Å². The van der Waals surface area contributed by atoms with E-state index >= 15 is 0 Å². The van der Waals surface area contributed by atoms with E-state index in [4.69, 9.17) is 9.72 Å². The summed E-state index contributed by atoms with van der Waals surface area (Å²) in [5.41, 5.74) is 1.74. The first-order chi connectivity index (χ1) is 15.6. The van der Waals surface area contributed by atoms with Crippen LogP contribution in [-0.4, -0.2) is 27.3 Å². The number of carbonyl (C=O) groups excluding carboxylic acids is 1. The van der Waals surface area contributed by atoms with E-state index in [1.807, 2.05) is 67.6 Å². The minimum absolute atomic E-state index is 0.168. The third-order valence-corrected chi connectivity index (χ3v) is 5.91. The molecule has 0 aliphatic rings. The number of para-hydroxylation sites is 4. The Bertz CT molecular complexity index is 1300. The molecule has 1 aromatic heterocycles. The van der Waals surface area contributed by atoms with Gasteiger partial charge in [0.15, 0.2) is 5.16 Å². The molecule has 0 spiro atoms. The number of benzene rings is 3. The number of carbonyl (C=O) groups is 1. The van der Waals surface area contributed by atoms with Crippen LogP contribution in [0.4, 0.5) is 5.69 Å². The molecule has 0 radical (unpaired) electrons. The Kier molecular flexibility index (Phi) is 6.56. The molecular formula is C25H23N3O3S. The lowest BCUT2D eigenvalue weighted by molar-refractivity contribution is -0.115. The zero-order valence-electron chi connectivity index (χ0n) is 17.8. The van der Waals surface area contributed by atoms with Gasteiger partial charge in [-0.15, -0.1) is 0 Å². The van der Waals surface area contributed by atoms with E-state index in [2.05, 4.69) is 5.32 Å². The number of hydrogen-bond donors (Lipinski definition) is 1. The van der Waals surface area contributed by atoms with Crippen LogP contribution in [0, 0.1) is 0 Å². The largest absolute Gasteiger partial charge is 0.492 e. The summed E-state index contributed by atoms with van der Waals surface area (Å²) in [6.07, 6.45) is 0. The molecule has 4 rings (SSSR count). The second-order valence-electron chi connectivity index (χ2n) is 7.07. The monoisotopic (exact) mass is 445 g/mol. The zero-order valence-corrected chi connectivity index (χ0v) is 18.6. The van der Waals surface area contributed by atoms with Crippen LogP contribution in [-0.2, 0) is 4.79 Å². The average molecular weight is 446 g/mol. The molecule has 0 bridgehead atoms. The summed E-state index contributed by atoms with van der Waals surface area (Å²) in [7, 11) is 0. The first kappa shape index (κ1) is 21.6. The third-order valence-electron chi connectivity index (χ3n) is 4.86. The van der Waals surface area contributed by atoms with Crippen molar-refractivity contribution in [3.63, 3.8) is 0 Å². The summed E-state index contributed by atoms with van der Waals surface area (Å²) in [5, 5.41) is 3.41. The van der Waals surface area contributed by atoms with E-state index in [0.29, 0.717) is 39.8 Å². The van der Waals surface area contributed by atoms with Gasteiger partial charge in [0.25, 0.3) is 5.56 Å². The van der Waals surface area contributed by atoms with Gasteiger partial charge >= 0.3 is 0 Å². The molecule has 6 nitrogen and oxygen atoms in total. The van der Waals surface area contributed by atoms with Crippen LogP contribution in [0.2, 0.25) is 0 Å². The second kappa shape index (κ2) is 9.70. The summed E-state index contributed by atoms with van der Waals surface area (Å²) in [6.45, 7) is 4.19. The van der Waals surface area contributed by atoms with Crippen molar-refractivity contribution in [1.29, 1.82) is 0 Å². The Morgan fingerprint density at radius 1 is 1.03 bits per heavy atom. The molecule has 162 valence electrons. The van der Waals surface area contributed by atoms with Gasteiger partial charge in [-0.2, -0.15) is 0 Å². The number of ether oxygens (including phenoxy) is 1. The van der Waals surface area contributed by atoms with Crippen molar-refractivity contribution in [3.05, 3.63) is 89.2 Å². The van der Waals surface area contributed by atoms with Crippen molar-refractivity contribution in [2.24, 2.45) is 0 Å². The number of amides is 1. The molecular weight excluding hydrogens is 422 g/mol. The van der Waals surface area contributed by atoms with Crippen LogP contribution in [0.5, 0.6) is 5.75 Å². The minimum Gasteiger partial charge on any atom is -0.492 e. The maximum atomic E-state index is 13.3. The van der Waals surface area contributed by atoms with Crippen LogP contribution in [0.1, 0.15) is 13.8 Å². The van der Waals surface area contributed by atoms with Gasteiger partial charge in [-0.3, -0.25) is 14.2 Å². The van der Waals surface area contributed by atoms with E-state index < -0.39 is 5.25 Å². The molecule has 0 aliphatic heterocycles. The Morgan fingerprint density at radius 2 is 1.72 bits per heavy atom. The molecule has 1 atom stereocenters. The van der Waals surface area contributed by atoms with Gasteiger partial charge in [-0.05, 0) is 50.2 Å². The summed E-state index contributed by atoms with van der Waals surface area (Å²) in [5.74, 6) is 0.412. The number of fused-ring (bicyclic) bond motifs is 1. The lowest BCUT2D eigenvalue weighted by Crippen LogP contribution is -2.26. The summed E-state index contributed by atoms with van der Waals surface area (Å²) >= 11 is 1.24. The smallest absolute Gasteiger partial charge is 0.266 e. The predicted molar refractivity (Wildman–Crippen MR) is 129 cm³/mol. The zero-order chi connectivity index (χ0) is 22.5. The molecule has 0 aliphatic carbocycles. The summed E-state index contributed by atoms with van der Waals surface area (Å²) in [4.78, 5) is 31.0. The summed E-state index contributed by atoms with van der Waals surface area (Å²) in [6, 6.07) is 23.9. The van der Waals surface area contributed by atoms with Crippen molar-refractivity contribution < 1.29 is 9.53 Å². The van der Waals surface area contributed by atoms with Crippen LogP contribution >= 0.6 is 11.8 Å². The number of aromatic nitrogens is 2. The van der Waals surface area contributed by atoms with Gasteiger partial charge in [0.05, 0.1) is 34.1 Å². The molecule has 1 unspecified atom stereocenters. The number of rotatable bonds is 7. The fourth-order valence-corrected chi connectivity index (χ4v) is 4.22. The van der Waals surface area contributed by atoms with Gasteiger partial charge in [0, 0.05) is 0 Å².